The van der Waals surface area contributed by atoms with Crippen LogP contribution in [0.25, 0.3) is 16.5 Å². The number of hydrogen-bond donors (Lipinski definition) is 2. The van der Waals surface area contributed by atoms with E-state index in [0.717, 1.165) is 10.8 Å². The fourth-order valence-electron chi connectivity index (χ4n) is 2.50. The number of aliphatic carboxylic acids is 1. The minimum atomic E-state index is -1.37. The monoisotopic (exact) mass is 284 g/mol. The van der Waals surface area contributed by atoms with Gasteiger partial charge in [-0.15, -0.1) is 0 Å². The number of hydrogen-bond acceptors (Lipinski definition) is 4. The minimum Gasteiger partial charge on any atom is -0.479 e. The number of carbonyl (C=O) groups is 1. The van der Waals surface area contributed by atoms with Gasteiger partial charge in [-0.25, -0.2) is 4.79 Å². The van der Waals surface area contributed by atoms with Gasteiger partial charge in [0.1, 0.15) is 0 Å². The van der Waals surface area contributed by atoms with Crippen molar-refractivity contribution in [2.45, 2.75) is 19.4 Å². The maximum atomic E-state index is 11.6. The Labute approximate surface area is 122 Å². The molecule has 2 heterocycles. The Balaban J connectivity index is 2.14. The van der Waals surface area contributed by atoms with Crippen molar-refractivity contribution in [2.24, 2.45) is 5.92 Å². The number of benzene rings is 1. The lowest BCUT2D eigenvalue weighted by atomic mass is 9.89. The smallest absolute Gasteiger partial charge is 0.343 e. The quantitative estimate of drug-likeness (QED) is 0.906. The van der Waals surface area contributed by atoms with Crippen molar-refractivity contribution in [1.29, 1.82) is 0 Å². The van der Waals surface area contributed by atoms with Crippen LogP contribution in [0.15, 0.2) is 42.6 Å². The summed E-state index contributed by atoms with van der Waals surface area (Å²) < 4.78 is 0. The summed E-state index contributed by atoms with van der Waals surface area (Å²) in [4.78, 5) is 21.3. The van der Waals surface area contributed by atoms with Crippen LogP contribution >= 0.6 is 0 Å². The third-order valence-corrected chi connectivity index (χ3v) is 3.81. The van der Waals surface area contributed by atoms with E-state index >= 15 is 0 Å². The average Bonchev–Trinajstić information content (AvgIpc) is 2.93. The number of nitrogens with one attached hydrogen (secondary N) is 1. The molecule has 1 aliphatic heterocycles. The molecule has 0 fully saturated rings. The highest BCUT2D eigenvalue weighted by Crippen LogP contribution is 2.33. The maximum Gasteiger partial charge on any atom is 0.343 e. The van der Waals surface area contributed by atoms with Crippen molar-refractivity contribution >= 4 is 22.4 Å². The molecule has 3 rings (SSSR count). The number of aromatic nitrogens is 1. The van der Waals surface area contributed by atoms with Crippen LogP contribution in [0, 0.1) is 5.92 Å². The molecule has 1 aliphatic rings. The van der Waals surface area contributed by atoms with E-state index in [-0.39, 0.29) is 5.92 Å². The molecule has 21 heavy (non-hydrogen) atoms. The summed E-state index contributed by atoms with van der Waals surface area (Å²) in [5, 5.41) is 11.5. The number of hydroxylamine groups is 1. The summed E-state index contributed by atoms with van der Waals surface area (Å²) in [6, 6.07) is 9.74. The van der Waals surface area contributed by atoms with Crippen LogP contribution in [-0.4, -0.2) is 21.7 Å². The topological polar surface area (TPSA) is 71.5 Å². The number of carboxylic acids is 1. The molecule has 0 bridgehead atoms. The van der Waals surface area contributed by atoms with Crippen molar-refractivity contribution in [3.63, 3.8) is 0 Å². The SMILES string of the molecule is CC(C)[C@@]1(C(=O)O)C=C(c2nccc3ccccc23)NO1. The fraction of sp³-hybridized carbons (Fsp3) is 0.250. The molecular weight excluding hydrogens is 268 g/mol. The van der Waals surface area contributed by atoms with Crippen molar-refractivity contribution in [2.75, 3.05) is 0 Å². The number of pyridine rings is 1. The van der Waals surface area contributed by atoms with Gasteiger partial charge in [-0.1, -0.05) is 38.1 Å². The van der Waals surface area contributed by atoms with Crippen LogP contribution in [0.1, 0.15) is 19.5 Å². The normalized spacial score (nSPS) is 21.4. The first-order valence-electron chi connectivity index (χ1n) is 6.79. The highest BCUT2D eigenvalue weighted by molar-refractivity contribution is 5.94. The van der Waals surface area contributed by atoms with Crippen LogP contribution in [0.4, 0.5) is 0 Å². The van der Waals surface area contributed by atoms with Crippen molar-refractivity contribution in [3.8, 4) is 0 Å². The van der Waals surface area contributed by atoms with Gasteiger partial charge in [0.2, 0.25) is 5.60 Å². The van der Waals surface area contributed by atoms with E-state index < -0.39 is 11.6 Å². The van der Waals surface area contributed by atoms with Crippen LogP contribution in [-0.2, 0) is 9.63 Å². The van der Waals surface area contributed by atoms with Crippen LogP contribution in [0.2, 0.25) is 0 Å². The van der Waals surface area contributed by atoms with Crippen LogP contribution in [0.3, 0.4) is 0 Å². The van der Waals surface area contributed by atoms with Gasteiger partial charge in [0, 0.05) is 11.6 Å². The van der Waals surface area contributed by atoms with Gasteiger partial charge >= 0.3 is 5.97 Å². The molecule has 0 saturated carbocycles. The highest BCUT2D eigenvalue weighted by atomic mass is 16.7. The van der Waals surface area contributed by atoms with E-state index in [2.05, 4.69) is 10.5 Å². The molecule has 5 heteroatoms. The molecule has 2 N–H and O–H groups in total. The lowest BCUT2D eigenvalue weighted by molar-refractivity contribution is -0.167. The Bertz CT molecular complexity index is 734. The van der Waals surface area contributed by atoms with E-state index in [1.165, 1.54) is 0 Å². The number of fused-ring (bicyclic) bond motifs is 1. The zero-order chi connectivity index (χ0) is 15.0. The molecular formula is C16H16N2O3. The van der Waals surface area contributed by atoms with Gasteiger partial charge in [-0.2, -0.15) is 0 Å². The Morgan fingerprint density at radius 1 is 1.33 bits per heavy atom. The second-order valence-electron chi connectivity index (χ2n) is 5.40. The van der Waals surface area contributed by atoms with E-state index in [1.807, 2.05) is 44.2 Å². The summed E-state index contributed by atoms with van der Waals surface area (Å²) in [6.45, 7) is 3.62. The van der Waals surface area contributed by atoms with Crippen molar-refractivity contribution in [3.05, 3.63) is 48.3 Å². The van der Waals surface area contributed by atoms with Crippen LogP contribution < -0.4 is 5.48 Å². The van der Waals surface area contributed by atoms with Gasteiger partial charge in [-0.05, 0) is 23.4 Å². The first-order chi connectivity index (χ1) is 10.0. The summed E-state index contributed by atoms with van der Waals surface area (Å²) in [6.07, 6.45) is 3.31. The first-order valence-corrected chi connectivity index (χ1v) is 6.79. The molecule has 108 valence electrons. The Hall–Kier alpha value is -2.40. The lowest BCUT2D eigenvalue weighted by Gasteiger charge is -2.24. The Morgan fingerprint density at radius 2 is 2.10 bits per heavy atom. The molecule has 1 atom stereocenters. The summed E-state index contributed by atoms with van der Waals surface area (Å²) in [5.74, 6) is -1.23. The largest absolute Gasteiger partial charge is 0.479 e. The zero-order valence-electron chi connectivity index (χ0n) is 11.8. The van der Waals surface area contributed by atoms with Gasteiger partial charge in [0.15, 0.2) is 0 Å². The second kappa shape index (κ2) is 4.86. The molecule has 0 spiro atoms. The van der Waals surface area contributed by atoms with Gasteiger partial charge < -0.3 is 5.11 Å². The van der Waals surface area contributed by atoms with E-state index in [4.69, 9.17) is 4.84 Å². The van der Waals surface area contributed by atoms with Gasteiger partial charge in [-0.3, -0.25) is 15.3 Å². The van der Waals surface area contributed by atoms with Crippen molar-refractivity contribution < 1.29 is 14.7 Å². The number of carboxylic acid groups (broad SMARTS) is 1. The molecule has 0 amide bonds. The molecule has 0 radical (unpaired) electrons. The zero-order valence-corrected chi connectivity index (χ0v) is 11.8. The first kappa shape index (κ1) is 13.6. The second-order valence-corrected chi connectivity index (χ2v) is 5.40. The molecule has 0 unspecified atom stereocenters. The summed E-state index contributed by atoms with van der Waals surface area (Å²) in [5.41, 5.74) is 2.65. The third-order valence-electron chi connectivity index (χ3n) is 3.81. The highest BCUT2D eigenvalue weighted by Gasteiger charge is 2.46. The van der Waals surface area contributed by atoms with E-state index in [1.54, 1.807) is 12.3 Å². The lowest BCUT2D eigenvalue weighted by Crippen LogP contribution is -2.43. The Morgan fingerprint density at radius 3 is 2.76 bits per heavy atom. The van der Waals surface area contributed by atoms with Gasteiger partial charge in [0.05, 0.1) is 11.4 Å². The van der Waals surface area contributed by atoms with Crippen LogP contribution in [0.5, 0.6) is 0 Å². The number of nitrogens with zero attached hydrogens (tertiary/aromatic N) is 1. The summed E-state index contributed by atoms with van der Waals surface area (Å²) >= 11 is 0. The molecule has 5 nitrogen and oxygen atoms in total. The Kier molecular flexibility index (Phi) is 3.14. The predicted octanol–water partition coefficient (Wildman–Crippen LogP) is 2.59. The number of rotatable bonds is 3. The standard InChI is InChI=1S/C16H16N2O3/c1-10(2)16(15(19)20)9-13(18-21-16)14-12-6-4-3-5-11(12)7-8-17-14/h3-10,18H,1-2H3,(H,19,20)/t16-/m1/s1. The molecule has 0 aliphatic carbocycles. The average molecular weight is 284 g/mol. The maximum absolute atomic E-state index is 11.6. The third kappa shape index (κ3) is 2.06. The fourth-order valence-corrected chi connectivity index (χ4v) is 2.50. The molecule has 1 aromatic heterocycles. The predicted molar refractivity (Wildman–Crippen MR) is 79.1 cm³/mol. The minimum absolute atomic E-state index is 0.213. The van der Waals surface area contributed by atoms with Gasteiger partial charge in [0.25, 0.3) is 0 Å². The summed E-state index contributed by atoms with van der Waals surface area (Å²) in [7, 11) is 0. The molecule has 1 aromatic carbocycles. The van der Waals surface area contributed by atoms with E-state index in [0.29, 0.717) is 11.4 Å². The van der Waals surface area contributed by atoms with Crippen molar-refractivity contribution in [1.82, 2.24) is 10.5 Å². The van der Waals surface area contributed by atoms with E-state index in [9.17, 15) is 9.90 Å². The molecule has 0 saturated heterocycles. The molecule has 2 aromatic rings.